The Morgan fingerprint density at radius 2 is 1.38 bits per heavy atom. The fourth-order valence-electron chi connectivity index (χ4n) is 1.11. The van der Waals surface area contributed by atoms with Crippen LogP contribution in [0.25, 0.3) is 0 Å². The van der Waals surface area contributed by atoms with Gasteiger partial charge in [0.2, 0.25) is 6.29 Å². The van der Waals surface area contributed by atoms with Gasteiger partial charge in [-0.1, -0.05) is 0 Å². The smallest absolute Gasteiger partial charge is 0.388 e. The second-order valence-electron chi connectivity index (χ2n) is 3.64. The molecule has 0 aromatic heterocycles. The van der Waals surface area contributed by atoms with Crippen LogP contribution in [0.15, 0.2) is 0 Å². The topological polar surface area (TPSA) is 228 Å². The summed E-state index contributed by atoms with van der Waals surface area (Å²) in [4.78, 5) is 10.5. The second-order valence-corrected chi connectivity index (χ2v) is 5.87. The van der Waals surface area contributed by atoms with E-state index >= 15 is 0 Å². The number of hydrogen-bond acceptors (Lipinski definition) is 10. The predicted octanol–water partition coefficient (Wildman–Crippen LogP) is -4.83. The molecule has 0 saturated heterocycles. The van der Waals surface area contributed by atoms with Gasteiger partial charge in [0.05, 0.1) is 0 Å². The molecule has 0 amide bonds. The van der Waals surface area contributed by atoms with Crippen molar-refractivity contribution in [1.82, 2.24) is 4.72 Å². The van der Waals surface area contributed by atoms with E-state index in [1.54, 1.807) is 0 Å². The Kier molecular flexibility index (Phi) is 7.23. The molecular formula is C6H13NO12S2. The molecule has 5 atom stereocenters. The third kappa shape index (κ3) is 7.71. The molecule has 0 heterocycles. The lowest BCUT2D eigenvalue weighted by molar-refractivity contribution is -0.168. The van der Waals surface area contributed by atoms with Gasteiger partial charge in [0.25, 0.3) is 0 Å². The fourth-order valence-corrected chi connectivity index (χ4v) is 2.02. The van der Waals surface area contributed by atoms with Crippen molar-refractivity contribution >= 4 is 27.0 Å². The van der Waals surface area contributed by atoms with Crippen LogP contribution in [-0.2, 0) is 29.7 Å². The van der Waals surface area contributed by atoms with Gasteiger partial charge in [0.15, 0.2) is 0 Å². The van der Waals surface area contributed by atoms with Crippen LogP contribution < -0.4 is 4.72 Å². The van der Waals surface area contributed by atoms with Crippen molar-refractivity contribution in [2.24, 2.45) is 0 Å². The molecule has 0 aromatic rings. The first kappa shape index (κ1) is 20.2. The standard InChI is InChI=1S/C6H13NO12S2/c8-1-2(7-20(13,14)15)3(9)4(10)5(11)6(12)19-21(16,17)18/h1-7,9-12H,(H,13,14,15)(H,16,17,18)/t2-,3+,4-,5?,6?/m0/s1. The highest BCUT2D eigenvalue weighted by molar-refractivity contribution is 7.83. The van der Waals surface area contributed by atoms with E-state index in [2.05, 4.69) is 4.18 Å². The van der Waals surface area contributed by atoms with E-state index in [4.69, 9.17) is 14.2 Å². The van der Waals surface area contributed by atoms with E-state index in [0.717, 1.165) is 0 Å². The van der Waals surface area contributed by atoms with Crippen LogP contribution in [-0.4, -0.2) is 83.3 Å². The number of nitrogens with one attached hydrogen (secondary N) is 1. The number of carbonyl (C=O) groups excluding carboxylic acids is 1. The van der Waals surface area contributed by atoms with Crippen molar-refractivity contribution in [1.29, 1.82) is 0 Å². The van der Waals surface area contributed by atoms with Crippen LogP contribution in [0.4, 0.5) is 0 Å². The lowest BCUT2D eigenvalue weighted by atomic mass is 10.0. The summed E-state index contributed by atoms with van der Waals surface area (Å²) in [5, 5.41) is 37.0. The van der Waals surface area contributed by atoms with E-state index in [1.807, 2.05) is 0 Å². The molecule has 0 saturated carbocycles. The van der Waals surface area contributed by atoms with Gasteiger partial charge in [-0.3, -0.25) is 9.11 Å². The maximum Gasteiger partial charge on any atom is 0.399 e. The van der Waals surface area contributed by atoms with Crippen molar-refractivity contribution in [2.45, 2.75) is 30.6 Å². The number of rotatable bonds is 9. The van der Waals surface area contributed by atoms with Crippen molar-refractivity contribution in [3.05, 3.63) is 0 Å². The molecular weight excluding hydrogens is 342 g/mol. The lowest BCUT2D eigenvalue weighted by Gasteiger charge is -2.28. The maximum atomic E-state index is 10.5. The molecule has 2 unspecified atom stereocenters. The van der Waals surface area contributed by atoms with Crippen LogP contribution in [0.1, 0.15) is 0 Å². The number of carbonyl (C=O) groups is 1. The molecule has 0 aliphatic heterocycles. The molecule has 21 heavy (non-hydrogen) atoms. The molecule has 0 aliphatic rings. The summed E-state index contributed by atoms with van der Waals surface area (Å²) in [6, 6.07) is -2.14. The van der Waals surface area contributed by atoms with E-state index in [9.17, 15) is 36.9 Å². The number of aliphatic hydroxyl groups is 4. The number of aliphatic hydroxyl groups excluding tert-OH is 4. The monoisotopic (exact) mass is 355 g/mol. The zero-order chi connectivity index (χ0) is 17.0. The number of hydrogen-bond donors (Lipinski definition) is 7. The average molecular weight is 355 g/mol. The van der Waals surface area contributed by atoms with E-state index in [-0.39, 0.29) is 6.29 Å². The SMILES string of the molecule is O=C[C@H](NS(=O)(=O)O)[C@@H](O)[C@H](O)C(O)C(O)OS(=O)(=O)O. The summed E-state index contributed by atoms with van der Waals surface area (Å²) in [6.45, 7) is 0. The van der Waals surface area contributed by atoms with Crippen LogP contribution in [0.3, 0.4) is 0 Å². The zero-order valence-corrected chi connectivity index (χ0v) is 11.5. The van der Waals surface area contributed by atoms with Gasteiger partial charge in [0, 0.05) is 0 Å². The van der Waals surface area contributed by atoms with Crippen molar-refractivity contribution in [3.63, 3.8) is 0 Å². The van der Waals surface area contributed by atoms with Crippen LogP contribution in [0, 0.1) is 0 Å². The molecule has 126 valence electrons. The molecule has 0 aromatic carbocycles. The van der Waals surface area contributed by atoms with Gasteiger partial charge in [-0.05, 0) is 0 Å². The summed E-state index contributed by atoms with van der Waals surface area (Å²) >= 11 is 0. The minimum atomic E-state index is -5.21. The molecule has 0 bridgehead atoms. The van der Waals surface area contributed by atoms with E-state index in [0.29, 0.717) is 0 Å². The molecule has 0 fully saturated rings. The largest absolute Gasteiger partial charge is 0.399 e. The van der Waals surface area contributed by atoms with Crippen LogP contribution >= 0.6 is 0 Å². The van der Waals surface area contributed by atoms with E-state index < -0.39 is 51.3 Å². The quantitative estimate of drug-likeness (QED) is 0.117. The van der Waals surface area contributed by atoms with Gasteiger partial charge >= 0.3 is 20.7 Å². The maximum absolute atomic E-state index is 10.5. The predicted molar refractivity (Wildman–Crippen MR) is 61.2 cm³/mol. The summed E-state index contributed by atoms with van der Waals surface area (Å²) in [5.41, 5.74) is 0. The summed E-state index contributed by atoms with van der Waals surface area (Å²) in [6.07, 6.45) is -10.5. The normalized spacial score (nSPS) is 20.3. The van der Waals surface area contributed by atoms with Gasteiger partial charge in [-0.2, -0.15) is 21.6 Å². The molecule has 13 nitrogen and oxygen atoms in total. The third-order valence-electron chi connectivity index (χ3n) is 2.01. The second kappa shape index (κ2) is 7.49. The third-order valence-corrected chi connectivity index (χ3v) is 3.02. The van der Waals surface area contributed by atoms with Gasteiger partial charge in [-0.15, -0.1) is 0 Å². The Labute approximate surface area is 118 Å². The number of aldehydes is 1. The summed E-state index contributed by atoms with van der Waals surface area (Å²) in [5.74, 6) is 0. The van der Waals surface area contributed by atoms with Crippen LogP contribution in [0.5, 0.6) is 0 Å². The lowest BCUT2D eigenvalue weighted by Crippen LogP contribution is -2.55. The molecule has 0 aliphatic carbocycles. The summed E-state index contributed by atoms with van der Waals surface area (Å²) in [7, 11) is -10.2. The van der Waals surface area contributed by atoms with Gasteiger partial charge < -0.3 is 25.2 Å². The molecule has 15 heteroatoms. The first-order chi connectivity index (χ1) is 9.28. The Morgan fingerprint density at radius 1 is 0.905 bits per heavy atom. The Hall–Kier alpha value is -0.750. The molecule has 0 rings (SSSR count). The molecule has 0 radical (unpaired) electrons. The highest BCUT2D eigenvalue weighted by atomic mass is 32.3. The van der Waals surface area contributed by atoms with Crippen molar-refractivity contribution < 1.29 is 55.3 Å². The molecule has 7 N–H and O–H groups in total. The molecule has 0 spiro atoms. The van der Waals surface area contributed by atoms with Crippen molar-refractivity contribution in [2.75, 3.05) is 0 Å². The summed E-state index contributed by atoms with van der Waals surface area (Å²) < 4.78 is 62.7. The van der Waals surface area contributed by atoms with Gasteiger partial charge in [-0.25, -0.2) is 4.18 Å². The first-order valence-electron chi connectivity index (χ1n) is 4.86. The minimum absolute atomic E-state index is 0.260. The minimum Gasteiger partial charge on any atom is -0.388 e. The fraction of sp³-hybridized carbons (Fsp3) is 0.833. The van der Waals surface area contributed by atoms with Crippen LogP contribution in [0.2, 0.25) is 0 Å². The average Bonchev–Trinajstić information content (AvgIpc) is 2.29. The Morgan fingerprint density at radius 3 is 1.71 bits per heavy atom. The zero-order valence-electron chi connectivity index (χ0n) is 9.91. The highest BCUT2D eigenvalue weighted by Gasteiger charge is 2.38. The Bertz CT molecular complexity index is 542. The van der Waals surface area contributed by atoms with Gasteiger partial charge in [0.1, 0.15) is 30.6 Å². The Balaban J connectivity index is 4.96. The highest BCUT2D eigenvalue weighted by Crippen LogP contribution is 2.10. The van der Waals surface area contributed by atoms with E-state index in [1.165, 1.54) is 4.72 Å². The first-order valence-corrected chi connectivity index (χ1v) is 7.67. The van der Waals surface area contributed by atoms with Crippen molar-refractivity contribution in [3.8, 4) is 0 Å².